The molecular formula is C14H16F3NO2. The zero-order chi connectivity index (χ0) is 14.2. The number of alkyl halides is 3. The molecule has 2 heterocycles. The van der Waals surface area contributed by atoms with Crippen molar-refractivity contribution in [2.45, 2.75) is 31.5 Å². The lowest BCUT2D eigenvalue weighted by molar-refractivity contribution is -0.139. The van der Waals surface area contributed by atoms with Crippen LogP contribution in [-0.2, 0) is 6.18 Å². The van der Waals surface area contributed by atoms with Crippen LogP contribution in [0, 0.1) is 0 Å². The summed E-state index contributed by atoms with van der Waals surface area (Å²) in [7, 11) is 0. The predicted molar refractivity (Wildman–Crippen MR) is 67.0 cm³/mol. The molecule has 3 nitrogen and oxygen atoms in total. The Labute approximate surface area is 115 Å². The van der Waals surface area contributed by atoms with Gasteiger partial charge in [0.25, 0.3) is 0 Å². The van der Waals surface area contributed by atoms with Crippen LogP contribution in [0.4, 0.5) is 13.2 Å². The molecule has 0 saturated carbocycles. The Balaban J connectivity index is 2.04. The smallest absolute Gasteiger partial charge is 0.420 e. The van der Waals surface area contributed by atoms with Gasteiger partial charge in [0.2, 0.25) is 0 Å². The third kappa shape index (κ3) is 2.44. The lowest BCUT2D eigenvalue weighted by Crippen LogP contribution is -2.29. The Morgan fingerprint density at radius 3 is 2.45 bits per heavy atom. The van der Waals surface area contributed by atoms with Crippen LogP contribution in [0.25, 0.3) is 0 Å². The van der Waals surface area contributed by atoms with E-state index in [1.807, 2.05) is 0 Å². The predicted octanol–water partition coefficient (Wildman–Crippen LogP) is 3.29. The minimum atomic E-state index is -4.43. The first-order chi connectivity index (χ1) is 9.57. The number of rotatable bonds is 1. The molecule has 0 radical (unpaired) electrons. The van der Waals surface area contributed by atoms with Crippen LogP contribution in [0.3, 0.4) is 0 Å². The van der Waals surface area contributed by atoms with E-state index in [2.05, 4.69) is 5.32 Å². The highest BCUT2D eigenvalue weighted by atomic mass is 19.4. The molecule has 0 bridgehead atoms. The van der Waals surface area contributed by atoms with Gasteiger partial charge in [-0.25, -0.2) is 0 Å². The van der Waals surface area contributed by atoms with Gasteiger partial charge in [0.1, 0.15) is 18.8 Å². The van der Waals surface area contributed by atoms with E-state index in [1.54, 1.807) is 0 Å². The van der Waals surface area contributed by atoms with Gasteiger partial charge in [-0.3, -0.25) is 0 Å². The lowest BCUT2D eigenvalue weighted by Gasteiger charge is -2.29. The van der Waals surface area contributed by atoms with E-state index in [0.29, 0.717) is 0 Å². The molecule has 1 aromatic rings. The van der Waals surface area contributed by atoms with Crippen molar-refractivity contribution < 1.29 is 22.6 Å². The van der Waals surface area contributed by atoms with E-state index >= 15 is 0 Å². The van der Waals surface area contributed by atoms with Crippen LogP contribution in [0.2, 0.25) is 0 Å². The minimum Gasteiger partial charge on any atom is -0.486 e. The molecular weight excluding hydrogens is 271 g/mol. The maximum absolute atomic E-state index is 13.0. The first-order valence-electron chi connectivity index (χ1n) is 6.80. The van der Waals surface area contributed by atoms with Crippen LogP contribution >= 0.6 is 0 Å². The van der Waals surface area contributed by atoms with Crippen molar-refractivity contribution in [3.05, 3.63) is 23.3 Å². The summed E-state index contributed by atoms with van der Waals surface area (Å²) in [6.45, 7) is 1.31. The summed E-state index contributed by atoms with van der Waals surface area (Å²) in [5, 5.41) is 3.33. The maximum Gasteiger partial charge on any atom is 0.420 e. The molecule has 2 aliphatic rings. The zero-order valence-electron chi connectivity index (χ0n) is 10.9. The topological polar surface area (TPSA) is 30.5 Å². The third-order valence-electron chi connectivity index (χ3n) is 3.71. The van der Waals surface area contributed by atoms with Gasteiger partial charge in [-0.15, -0.1) is 0 Å². The molecule has 1 unspecified atom stereocenters. The van der Waals surface area contributed by atoms with Crippen molar-refractivity contribution in [2.75, 3.05) is 19.8 Å². The van der Waals surface area contributed by atoms with Crippen LogP contribution < -0.4 is 14.8 Å². The van der Waals surface area contributed by atoms with E-state index < -0.39 is 11.7 Å². The van der Waals surface area contributed by atoms with Crippen molar-refractivity contribution in [3.8, 4) is 11.5 Å². The number of piperidine rings is 1. The van der Waals surface area contributed by atoms with Gasteiger partial charge in [-0.1, -0.05) is 12.5 Å². The zero-order valence-corrected chi connectivity index (χ0v) is 10.9. The van der Waals surface area contributed by atoms with Crippen molar-refractivity contribution >= 4 is 0 Å². The second-order valence-corrected chi connectivity index (χ2v) is 5.06. The molecule has 6 heteroatoms. The van der Waals surface area contributed by atoms with E-state index in [1.165, 1.54) is 6.07 Å². The summed E-state index contributed by atoms with van der Waals surface area (Å²) in [4.78, 5) is 0. The van der Waals surface area contributed by atoms with Crippen LogP contribution in [0.15, 0.2) is 12.1 Å². The number of hydrogen-bond acceptors (Lipinski definition) is 3. The van der Waals surface area contributed by atoms with Gasteiger partial charge in [-0.2, -0.15) is 13.2 Å². The van der Waals surface area contributed by atoms with E-state index in [9.17, 15) is 13.2 Å². The third-order valence-corrected chi connectivity index (χ3v) is 3.71. The summed E-state index contributed by atoms with van der Waals surface area (Å²) in [5.41, 5.74) is 0.0131. The molecule has 20 heavy (non-hydrogen) atoms. The Morgan fingerprint density at radius 2 is 1.80 bits per heavy atom. The lowest BCUT2D eigenvalue weighted by atomic mass is 9.95. The molecule has 0 spiro atoms. The molecule has 1 aromatic carbocycles. The first-order valence-corrected chi connectivity index (χ1v) is 6.80. The summed E-state index contributed by atoms with van der Waals surface area (Å²) in [5.74, 6) is 0.0964. The maximum atomic E-state index is 13.0. The van der Waals surface area contributed by atoms with E-state index in [0.717, 1.165) is 37.4 Å². The highest BCUT2D eigenvalue weighted by Gasteiger charge is 2.38. The van der Waals surface area contributed by atoms with Gasteiger partial charge >= 0.3 is 6.18 Å². The molecule has 1 atom stereocenters. The molecule has 3 rings (SSSR count). The average Bonchev–Trinajstić information content (AvgIpc) is 2.46. The van der Waals surface area contributed by atoms with Gasteiger partial charge in [0, 0.05) is 11.6 Å². The second kappa shape index (κ2) is 5.16. The number of nitrogens with one attached hydrogen (secondary N) is 1. The minimum absolute atomic E-state index is 0.0430. The highest BCUT2D eigenvalue weighted by molar-refractivity contribution is 5.55. The van der Waals surface area contributed by atoms with Gasteiger partial charge in [0.15, 0.2) is 11.5 Å². The quantitative estimate of drug-likeness (QED) is 0.859. The number of fused-ring (bicyclic) bond motifs is 1. The molecule has 0 amide bonds. The number of hydrogen-bond donors (Lipinski definition) is 1. The summed E-state index contributed by atoms with van der Waals surface area (Å²) in [6, 6.07) is 2.65. The molecule has 2 aliphatic heterocycles. The molecule has 1 fully saturated rings. The summed E-state index contributed by atoms with van der Waals surface area (Å²) < 4.78 is 49.7. The van der Waals surface area contributed by atoms with Gasteiger partial charge in [-0.05, 0) is 25.5 Å². The normalized spacial score (nSPS) is 22.6. The summed E-state index contributed by atoms with van der Waals surface area (Å²) in [6.07, 6.45) is -1.37. The van der Waals surface area contributed by atoms with Gasteiger partial charge < -0.3 is 14.8 Å². The number of ether oxygens (including phenoxy) is 2. The first kappa shape index (κ1) is 13.5. The Bertz CT molecular complexity index is 496. The monoisotopic (exact) mass is 287 g/mol. The average molecular weight is 287 g/mol. The van der Waals surface area contributed by atoms with E-state index in [4.69, 9.17) is 9.47 Å². The molecule has 0 aromatic heterocycles. The second-order valence-electron chi connectivity index (χ2n) is 5.06. The molecule has 110 valence electrons. The summed E-state index contributed by atoms with van der Waals surface area (Å²) >= 11 is 0. The number of benzene rings is 1. The Morgan fingerprint density at radius 1 is 1.05 bits per heavy atom. The van der Waals surface area contributed by atoms with E-state index in [-0.39, 0.29) is 30.8 Å². The van der Waals surface area contributed by atoms with Crippen molar-refractivity contribution in [1.29, 1.82) is 0 Å². The van der Waals surface area contributed by atoms with Crippen molar-refractivity contribution in [2.24, 2.45) is 0 Å². The fourth-order valence-corrected chi connectivity index (χ4v) is 2.77. The largest absolute Gasteiger partial charge is 0.486 e. The standard InChI is InChI=1S/C14H16F3NO2/c15-14(16,17)10-5-4-9(11-3-1-2-6-18-11)12-13(10)20-8-7-19-12/h4-5,11,18H,1-3,6-8H2. The Hall–Kier alpha value is -1.43. The Kier molecular flexibility index (Phi) is 3.50. The fraction of sp³-hybridized carbons (Fsp3) is 0.571. The van der Waals surface area contributed by atoms with Crippen LogP contribution in [0.1, 0.15) is 36.4 Å². The van der Waals surface area contributed by atoms with Crippen molar-refractivity contribution in [1.82, 2.24) is 5.32 Å². The molecule has 0 aliphatic carbocycles. The number of halogens is 3. The SMILES string of the molecule is FC(F)(F)c1ccc(C2CCCCN2)c2c1OCCO2. The highest BCUT2D eigenvalue weighted by Crippen LogP contribution is 2.47. The van der Waals surface area contributed by atoms with Gasteiger partial charge in [0.05, 0.1) is 0 Å². The molecule has 1 N–H and O–H groups in total. The van der Waals surface area contributed by atoms with Crippen LogP contribution in [0.5, 0.6) is 11.5 Å². The molecule has 1 saturated heterocycles. The fourth-order valence-electron chi connectivity index (χ4n) is 2.77. The van der Waals surface area contributed by atoms with Crippen molar-refractivity contribution in [3.63, 3.8) is 0 Å². The van der Waals surface area contributed by atoms with Crippen LogP contribution in [-0.4, -0.2) is 19.8 Å².